The molecule has 2 aliphatic rings. The van der Waals surface area contributed by atoms with Crippen molar-refractivity contribution in [2.45, 2.75) is 38.1 Å². The zero-order valence-electron chi connectivity index (χ0n) is 8.81. The maximum absolute atomic E-state index is 11.7. The van der Waals surface area contributed by atoms with E-state index in [4.69, 9.17) is 9.94 Å². The number of carbonyl (C=O) groups excluding carboxylic acids is 1. The summed E-state index contributed by atoms with van der Waals surface area (Å²) in [7, 11) is 0. The van der Waals surface area contributed by atoms with E-state index in [2.05, 4.69) is 0 Å². The second kappa shape index (κ2) is 3.73. The molecular formula is C10H16NO4-. The van der Waals surface area contributed by atoms with Crippen LogP contribution in [0.4, 0.5) is 0 Å². The second-order valence-electron chi connectivity index (χ2n) is 4.32. The quantitative estimate of drug-likeness (QED) is 0.566. The van der Waals surface area contributed by atoms with Crippen LogP contribution in [0.15, 0.2) is 0 Å². The molecule has 15 heavy (non-hydrogen) atoms. The molecule has 0 aliphatic heterocycles. The fourth-order valence-corrected chi connectivity index (χ4v) is 3.00. The van der Waals surface area contributed by atoms with Crippen LogP contribution in [0.5, 0.6) is 0 Å². The largest absolute Gasteiger partial charge is 0.761 e. The van der Waals surface area contributed by atoms with Gasteiger partial charge in [0.2, 0.25) is 0 Å². The van der Waals surface area contributed by atoms with Crippen LogP contribution < -0.4 is 0 Å². The third kappa shape index (κ3) is 1.38. The molecule has 2 atom stereocenters. The van der Waals surface area contributed by atoms with Crippen molar-refractivity contribution in [2.24, 2.45) is 11.8 Å². The lowest BCUT2D eigenvalue weighted by Gasteiger charge is -2.30. The van der Waals surface area contributed by atoms with Crippen molar-refractivity contribution in [2.75, 3.05) is 6.61 Å². The normalized spacial score (nSPS) is 38.7. The van der Waals surface area contributed by atoms with Gasteiger partial charge in [0.1, 0.15) is 5.54 Å². The molecule has 2 aliphatic carbocycles. The summed E-state index contributed by atoms with van der Waals surface area (Å²) in [6, 6.07) is 0. The van der Waals surface area contributed by atoms with Gasteiger partial charge in [0.15, 0.2) is 0 Å². The summed E-state index contributed by atoms with van der Waals surface area (Å²) in [5.41, 5.74) is -1.27. The number of fused-ring (bicyclic) bond motifs is 1. The Morgan fingerprint density at radius 2 is 2.07 bits per heavy atom. The Balaban J connectivity index is 2.16. The van der Waals surface area contributed by atoms with Crippen molar-refractivity contribution in [3.8, 4) is 0 Å². The van der Waals surface area contributed by atoms with E-state index in [0.717, 1.165) is 25.7 Å². The van der Waals surface area contributed by atoms with Crippen LogP contribution in [0.3, 0.4) is 0 Å². The summed E-state index contributed by atoms with van der Waals surface area (Å²) in [6.07, 6.45) is 3.72. The Labute approximate surface area is 88.5 Å². The number of nitrogens with zero attached hydrogens (tertiary/aromatic N) is 1. The zero-order chi connectivity index (χ0) is 11.1. The van der Waals surface area contributed by atoms with Gasteiger partial charge >= 0.3 is 5.97 Å². The van der Waals surface area contributed by atoms with Gasteiger partial charge in [0.05, 0.1) is 6.61 Å². The van der Waals surface area contributed by atoms with Gasteiger partial charge in [-0.3, -0.25) is 0 Å². The molecule has 0 bridgehead atoms. The first-order valence-electron chi connectivity index (χ1n) is 5.49. The van der Waals surface area contributed by atoms with Crippen molar-refractivity contribution in [3.05, 3.63) is 5.21 Å². The Morgan fingerprint density at radius 1 is 1.53 bits per heavy atom. The third-order valence-corrected chi connectivity index (χ3v) is 3.71. The lowest BCUT2D eigenvalue weighted by Crippen LogP contribution is -2.42. The molecule has 0 amide bonds. The molecular weight excluding hydrogens is 198 g/mol. The van der Waals surface area contributed by atoms with Gasteiger partial charge in [0.25, 0.3) is 0 Å². The van der Waals surface area contributed by atoms with E-state index in [9.17, 15) is 10.0 Å². The van der Waals surface area contributed by atoms with E-state index in [1.807, 2.05) is 0 Å². The number of ether oxygens (including phenoxy) is 1. The smallest absolute Gasteiger partial charge is 0.328 e. The van der Waals surface area contributed by atoms with Gasteiger partial charge in [-0.1, -0.05) is 12.8 Å². The minimum atomic E-state index is -1.27. The molecule has 5 heteroatoms. The summed E-state index contributed by atoms with van der Waals surface area (Å²) in [5, 5.41) is 20.2. The Bertz CT molecular complexity index is 254. The zero-order valence-corrected chi connectivity index (χ0v) is 8.81. The predicted octanol–water partition coefficient (Wildman–Crippen LogP) is 1.30. The number of carbonyl (C=O) groups is 1. The third-order valence-electron chi connectivity index (χ3n) is 3.71. The van der Waals surface area contributed by atoms with Crippen molar-refractivity contribution >= 4 is 5.97 Å². The summed E-state index contributed by atoms with van der Waals surface area (Å²) in [6.45, 7) is 1.94. The minimum absolute atomic E-state index is 0.00667. The minimum Gasteiger partial charge on any atom is -0.761 e. The molecule has 0 aromatic heterocycles. The van der Waals surface area contributed by atoms with Gasteiger partial charge in [-0.2, -0.15) is 0 Å². The number of esters is 1. The van der Waals surface area contributed by atoms with Crippen LogP contribution in [0.2, 0.25) is 0 Å². The monoisotopic (exact) mass is 214 g/mol. The number of rotatable bonds is 3. The summed E-state index contributed by atoms with van der Waals surface area (Å²) in [5.74, 6) is -0.569. The maximum Gasteiger partial charge on any atom is 0.328 e. The Morgan fingerprint density at radius 3 is 2.47 bits per heavy atom. The molecule has 0 aromatic rings. The molecule has 2 unspecified atom stereocenters. The van der Waals surface area contributed by atoms with Gasteiger partial charge < -0.3 is 15.2 Å². The van der Waals surface area contributed by atoms with Gasteiger partial charge in [-0.25, -0.2) is 10.0 Å². The Kier molecular flexibility index (Phi) is 2.70. The van der Waals surface area contributed by atoms with E-state index in [1.165, 1.54) is 0 Å². The van der Waals surface area contributed by atoms with Crippen molar-refractivity contribution in [3.63, 3.8) is 0 Å². The Hall–Kier alpha value is -0.650. The highest BCUT2D eigenvalue weighted by atomic mass is 16.8. The van der Waals surface area contributed by atoms with E-state index in [-0.39, 0.29) is 23.7 Å². The van der Waals surface area contributed by atoms with Crippen LogP contribution in [0.25, 0.3) is 0 Å². The lowest BCUT2D eigenvalue weighted by molar-refractivity contribution is -0.171. The average Bonchev–Trinajstić information content (AvgIpc) is 2.88. The molecule has 0 saturated heterocycles. The summed E-state index contributed by atoms with van der Waals surface area (Å²) >= 11 is 0. The topological polar surface area (TPSA) is 72.8 Å². The van der Waals surface area contributed by atoms with E-state index in [0.29, 0.717) is 0 Å². The van der Waals surface area contributed by atoms with Crippen LogP contribution in [-0.2, 0) is 9.53 Å². The maximum atomic E-state index is 11.7. The molecule has 86 valence electrons. The molecule has 0 aromatic carbocycles. The second-order valence-corrected chi connectivity index (χ2v) is 4.32. The first-order valence-corrected chi connectivity index (χ1v) is 5.49. The molecule has 0 spiro atoms. The summed E-state index contributed by atoms with van der Waals surface area (Å²) < 4.78 is 4.88. The highest BCUT2D eigenvalue weighted by Crippen LogP contribution is 2.61. The van der Waals surface area contributed by atoms with Crippen molar-refractivity contribution in [1.82, 2.24) is 5.23 Å². The van der Waals surface area contributed by atoms with Gasteiger partial charge in [-0.05, 0) is 31.6 Å². The number of hydrogen-bond acceptors (Lipinski definition) is 5. The van der Waals surface area contributed by atoms with E-state index >= 15 is 0 Å². The molecule has 0 radical (unpaired) electrons. The van der Waals surface area contributed by atoms with Crippen LogP contribution in [-0.4, -0.2) is 28.5 Å². The SMILES string of the molecule is CCOC(=O)C1(N([O-])O)C2CCCCC21. The van der Waals surface area contributed by atoms with E-state index in [1.54, 1.807) is 6.92 Å². The standard InChI is InChI=1S/C10H16NO4/c1-2-15-9(12)10(11(13)14)7-5-3-4-6-8(7)10/h7-8,13H,2-6H2,1H3/q-1. The summed E-state index contributed by atoms with van der Waals surface area (Å²) in [4.78, 5) is 11.7. The fourth-order valence-electron chi connectivity index (χ4n) is 3.00. The molecule has 5 nitrogen and oxygen atoms in total. The highest BCUT2D eigenvalue weighted by Gasteiger charge is 2.71. The molecule has 2 saturated carbocycles. The first kappa shape index (κ1) is 10.9. The number of hydrogen-bond donors (Lipinski definition) is 1. The van der Waals surface area contributed by atoms with Crippen LogP contribution >= 0.6 is 0 Å². The molecule has 1 N–H and O–H groups in total. The molecule has 2 rings (SSSR count). The molecule has 2 fully saturated rings. The van der Waals surface area contributed by atoms with Crippen molar-refractivity contribution in [1.29, 1.82) is 0 Å². The van der Waals surface area contributed by atoms with Crippen molar-refractivity contribution < 1.29 is 14.7 Å². The first-order chi connectivity index (χ1) is 7.15. The van der Waals surface area contributed by atoms with Crippen LogP contribution in [0, 0.1) is 17.0 Å². The highest BCUT2D eigenvalue weighted by molar-refractivity contribution is 5.86. The lowest BCUT2D eigenvalue weighted by atomic mass is 10.0. The van der Waals surface area contributed by atoms with Gasteiger partial charge in [-0.15, -0.1) is 0 Å². The average molecular weight is 214 g/mol. The predicted molar refractivity (Wildman–Crippen MR) is 51.8 cm³/mol. The fraction of sp³-hybridized carbons (Fsp3) is 0.900. The van der Waals surface area contributed by atoms with Gasteiger partial charge in [0, 0.05) is 0 Å². The molecule has 0 heterocycles. The van der Waals surface area contributed by atoms with Crippen LogP contribution in [0.1, 0.15) is 32.6 Å². The van der Waals surface area contributed by atoms with E-state index < -0.39 is 11.5 Å². The number of hydroxylamine groups is 2.